The minimum atomic E-state index is -0.165. The number of methoxy groups -OCH3 is 1. The maximum atomic E-state index is 6.48. The molecule has 1 N–H and O–H groups in total. The monoisotopic (exact) mass is 691 g/mol. The van der Waals surface area contributed by atoms with Gasteiger partial charge in [-0.2, -0.15) is 5.10 Å². The summed E-state index contributed by atoms with van der Waals surface area (Å²) in [4.78, 5) is 16.1. The molecule has 5 heterocycles. The predicted octanol–water partition coefficient (Wildman–Crippen LogP) is 5.95. The number of nitrogens with zero attached hydrogens (tertiary/aromatic N) is 8. The van der Waals surface area contributed by atoms with E-state index in [1.54, 1.807) is 30.5 Å². The van der Waals surface area contributed by atoms with Gasteiger partial charge >= 0.3 is 0 Å². The van der Waals surface area contributed by atoms with Crippen molar-refractivity contribution in [2.45, 2.75) is 102 Å². The number of aromatic nitrogens is 7. The number of hydrogen-bond donors (Lipinski definition) is 1. The van der Waals surface area contributed by atoms with Crippen LogP contribution >= 0.6 is 11.6 Å². The van der Waals surface area contributed by atoms with Gasteiger partial charge in [0.05, 0.1) is 43.1 Å². The van der Waals surface area contributed by atoms with Crippen molar-refractivity contribution in [3.8, 4) is 22.8 Å². The largest absolute Gasteiger partial charge is 0.487 e. The molecule has 7 rings (SSSR count). The van der Waals surface area contributed by atoms with Crippen LogP contribution in [-0.2, 0) is 16.0 Å². The van der Waals surface area contributed by atoms with Gasteiger partial charge < -0.3 is 24.3 Å². The zero-order chi connectivity index (χ0) is 33.7. The summed E-state index contributed by atoms with van der Waals surface area (Å²) in [6.07, 6.45) is 16.3. The van der Waals surface area contributed by atoms with Crippen LogP contribution in [0.3, 0.4) is 0 Å². The van der Waals surface area contributed by atoms with E-state index >= 15 is 0 Å². The van der Waals surface area contributed by atoms with Crippen LogP contribution in [0.4, 0.5) is 11.6 Å². The molecule has 1 aliphatic carbocycles. The first-order valence-electron chi connectivity index (χ1n) is 17.4. The van der Waals surface area contributed by atoms with Crippen molar-refractivity contribution in [2.75, 3.05) is 32.2 Å². The fourth-order valence-corrected chi connectivity index (χ4v) is 7.59. The van der Waals surface area contributed by atoms with Crippen LogP contribution in [0.1, 0.15) is 64.8 Å². The summed E-state index contributed by atoms with van der Waals surface area (Å²) < 4.78 is 27.4. The number of fused-ring (bicyclic) bond motifs is 2. The highest BCUT2D eigenvalue weighted by Crippen LogP contribution is 2.40. The highest BCUT2D eigenvalue weighted by Gasteiger charge is 2.42. The van der Waals surface area contributed by atoms with E-state index < -0.39 is 0 Å². The Hall–Kier alpha value is -3.78. The van der Waals surface area contributed by atoms with Gasteiger partial charge in [-0.25, -0.2) is 19.6 Å². The molecule has 262 valence electrons. The van der Waals surface area contributed by atoms with Gasteiger partial charge in [-0.1, -0.05) is 17.7 Å². The van der Waals surface area contributed by atoms with Crippen molar-refractivity contribution in [2.24, 2.45) is 0 Å². The van der Waals surface area contributed by atoms with Crippen LogP contribution in [0.2, 0.25) is 5.02 Å². The lowest BCUT2D eigenvalue weighted by Crippen LogP contribution is -2.52. The molecule has 14 heteroatoms. The number of nitrogens with one attached hydrogen (secondary N) is 1. The first kappa shape index (κ1) is 33.7. The highest BCUT2D eigenvalue weighted by molar-refractivity contribution is 6.32. The predicted molar refractivity (Wildman–Crippen MR) is 185 cm³/mol. The lowest BCUT2D eigenvalue weighted by Gasteiger charge is -2.43. The van der Waals surface area contributed by atoms with Gasteiger partial charge in [0, 0.05) is 56.2 Å². The van der Waals surface area contributed by atoms with E-state index in [0.717, 1.165) is 49.3 Å². The molecule has 13 nitrogen and oxygen atoms in total. The Labute approximate surface area is 292 Å². The normalized spacial score (nSPS) is 23.7. The van der Waals surface area contributed by atoms with Gasteiger partial charge in [0.15, 0.2) is 0 Å². The van der Waals surface area contributed by atoms with Gasteiger partial charge in [-0.3, -0.25) is 9.58 Å². The average Bonchev–Trinajstić information content (AvgIpc) is 3.83. The topological polar surface area (TPSA) is 127 Å². The first-order chi connectivity index (χ1) is 23.9. The van der Waals surface area contributed by atoms with Crippen molar-refractivity contribution in [1.82, 2.24) is 39.4 Å². The summed E-state index contributed by atoms with van der Waals surface area (Å²) >= 11 is 6.48. The number of hydrogen-bond acceptors (Lipinski definition) is 11. The SMILES string of the molecule is COCCC(C)Oc1nn(C2CCC(N3[C@@H]4CC[C@H]3COC4)CC2)cc1Nc1ncc(-c2ccc(Cl)c(O[C@@H](C)Cn3cncn3)c2)cn1. The zero-order valence-electron chi connectivity index (χ0n) is 28.4. The molecule has 0 radical (unpaired) electrons. The fraction of sp³-hybridized carbons (Fsp3) is 0.571. The summed E-state index contributed by atoms with van der Waals surface area (Å²) in [7, 11) is 1.70. The summed E-state index contributed by atoms with van der Waals surface area (Å²) in [5.74, 6) is 1.58. The number of halogens is 1. The van der Waals surface area contributed by atoms with Crippen molar-refractivity contribution in [3.63, 3.8) is 0 Å². The smallest absolute Gasteiger partial charge is 0.257 e. The van der Waals surface area contributed by atoms with Crippen LogP contribution in [0.5, 0.6) is 11.6 Å². The average molecular weight is 692 g/mol. The van der Waals surface area contributed by atoms with Crippen molar-refractivity contribution >= 4 is 23.2 Å². The first-order valence-corrected chi connectivity index (χ1v) is 17.8. The molecule has 1 saturated carbocycles. The van der Waals surface area contributed by atoms with E-state index in [9.17, 15) is 0 Å². The van der Waals surface area contributed by atoms with E-state index in [0.29, 0.717) is 59.9 Å². The third-order valence-electron chi connectivity index (χ3n) is 9.90. The van der Waals surface area contributed by atoms with Gasteiger partial charge in [-0.05, 0) is 70.1 Å². The second kappa shape index (κ2) is 15.4. The van der Waals surface area contributed by atoms with Crippen LogP contribution in [0.25, 0.3) is 11.1 Å². The maximum absolute atomic E-state index is 6.48. The fourth-order valence-electron chi connectivity index (χ4n) is 7.43. The summed E-state index contributed by atoms with van der Waals surface area (Å²) in [5.41, 5.74) is 2.47. The Morgan fingerprint density at radius 1 is 0.939 bits per heavy atom. The number of anilines is 2. The van der Waals surface area contributed by atoms with Crippen molar-refractivity contribution in [1.29, 1.82) is 0 Å². The molecule has 0 amide bonds. The molecular formula is C35H46ClN9O4. The Morgan fingerprint density at radius 2 is 1.67 bits per heavy atom. The Balaban J connectivity index is 1.03. The maximum Gasteiger partial charge on any atom is 0.257 e. The standard InChI is InChI=1S/C35H46ClN9O4/c1-23(12-13-46-3)49-34-32(18-44(42-34)27-5-7-28(8-6-27)45-29-9-10-30(45)20-47-19-29)41-35-38-15-26(16-39-35)25-4-11-31(36)33(14-25)48-24(2)17-43-22-37-21-40-43/h4,11,14-16,18,21-24,27-30H,5-10,12-13,17,19-20H2,1-3H3,(H,38,39,41)/t23?,24-,27?,28?,29-,30+/m0/s1. The second-order valence-corrected chi connectivity index (χ2v) is 13.9. The third kappa shape index (κ3) is 8.01. The minimum Gasteiger partial charge on any atom is -0.487 e. The van der Waals surface area contributed by atoms with Crippen molar-refractivity contribution in [3.05, 3.63) is 54.5 Å². The number of rotatable bonds is 14. The molecule has 49 heavy (non-hydrogen) atoms. The van der Waals surface area contributed by atoms with Gasteiger partial charge in [0.2, 0.25) is 5.95 Å². The second-order valence-electron chi connectivity index (χ2n) is 13.5. The molecular weight excluding hydrogens is 646 g/mol. The summed E-state index contributed by atoms with van der Waals surface area (Å²) in [6.45, 7) is 6.93. The number of morpholine rings is 1. The lowest BCUT2D eigenvalue weighted by molar-refractivity contribution is -0.0458. The van der Waals surface area contributed by atoms with Gasteiger partial charge in [0.1, 0.15) is 30.2 Å². The van der Waals surface area contributed by atoms with Gasteiger partial charge in [-0.15, -0.1) is 5.10 Å². The molecule has 3 fully saturated rings. The molecule has 3 aliphatic rings. The van der Waals surface area contributed by atoms with Crippen LogP contribution < -0.4 is 14.8 Å². The lowest BCUT2D eigenvalue weighted by atomic mass is 9.89. The third-order valence-corrected chi connectivity index (χ3v) is 10.2. The van der Waals surface area contributed by atoms with Crippen LogP contribution in [-0.4, -0.2) is 96.7 Å². The minimum absolute atomic E-state index is 0.0695. The molecule has 2 bridgehead atoms. The quantitative estimate of drug-likeness (QED) is 0.169. The van der Waals surface area contributed by atoms with Gasteiger partial charge in [0.25, 0.3) is 5.88 Å². The zero-order valence-corrected chi connectivity index (χ0v) is 29.2. The molecule has 2 aliphatic heterocycles. The van der Waals surface area contributed by atoms with Crippen LogP contribution in [0.15, 0.2) is 49.4 Å². The Kier molecular flexibility index (Phi) is 10.6. The van der Waals surface area contributed by atoms with E-state index in [1.165, 1.54) is 32.0 Å². The molecule has 4 aromatic rings. The van der Waals surface area contributed by atoms with E-state index in [1.807, 2.05) is 38.2 Å². The highest BCUT2D eigenvalue weighted by atomic mass is 35.5. The Bertz CT molecular complexity index is 1630. The molecule has 3 aromatic heterocycles. The molecule has 0 spiro atoms. The van der Waals surface area contributed by atoms with E-state index in [2.05, 4.69) is 34.9 Å². The molecule has 1 unspecified atom stereocenters. The number of ether oxygens (including phenoxy) is 4. The Morgan fingerprint density at radius 3 is 2.39 bits per heavy atom. The van der Waals surface area contributed by atoms with E-state index in [4.69, 9.17) is 35.6 Å². The molecule has 4 atom stereocenters. The van der Waals surface area contributed by atoms with E-state index in [-0.39, 0.29) is 12.2 Å². The summed E-state index contributed by atoms with van der Waals surface area (Å²) in [5, 5.41) is 13.0. The molecule has 2 saturated heterocycles. The van der Waals surface area contributed by atoms with Crippen molar-refractivity contribution < 1.29 is 18.9 Å². The summed E-state index contributed by atoms with van der Waals surface area (Å²) in [6, 6.07) is 7.79. The van der Waals surface area contributed by atoms with Crippen LogP contribution in [0, 0.1) is 0 Å². The molecule has 1 aromatic carbocycles. The number of benzene rings is 1.